The van der Waals surface area contributed by atoms with Crippen molar-refractivity contribution in [1.29, 1.82) is 0 Å². The van der Waals surface area contributed by atoms with Crippen molar-refractivity contribution in [3.8, 4) is 33.6 Å². The highest BCUT2D eigenvalue weighted by Gasteiger charge is 2.20. The number of rotatable bonds is 4. The lowest BCUT2D eigenvalue weighted by molar-refractivity contribution is 1.00. The van der Waals surface area contributed by atoms with Crippen molar-refractivity contribution in [2.24, 2.45) is 0 Å². The molecular weight excluding hydrogens is 560 g/mol. The molecule has 0 fully saturated rings. The standard InChI is InChI=1S/C42H30N4/c1-27-43-37-17-9-11-19-39(37)45(27)31-21-23-33-35(25-31)41(29-13-5-3-6-14-29)34-24-22-32(26-36(34)42(33)30-15-7-4-8-16-30)46-28(2)44-38-18-10-12-20-40(38)46/h3-26H,1-2H3. The van der Waals surface area contributed by atoms with Crippen molar-refractivity contribution in [3.05, 3.63) is 157 Å². The van der Waals surface area contributed by atoms with Crippen LogP contribution in [0, 0.1) is 13.8 Å². The van der Waals surface area contributed by atoms with Crippen molar-refractivity contribution >= 4 is 43.6 Å². The van der Waals surface area contributed by atoms with E-state index in [-0.39, 0.29) is 0 Å². The number of imidazole rings is 2. The molecule has 9 aromatic rings. The van der Waals surface area contributed by atoms with E-state index in [1.165, 1.54) is 43.8 Å². The van der Waals surface area contributed by atoms with Crippen LogP contribution in [0.2, 0.25) is 0 Å². The third-order valence-electron chi connectivity index (χ3n) is 9.18. The maximum Gasteiger partial charge on any atom is 0.111 e. The Bertz CT molecular complexity index is 2410. The van der Waals surface area contributed by atoms with Crippen LogP contribution in [0.4, 0.5) is 0 Å². The molecule has 0 aliphatic rings. The lowest BCUT2D eigenvalue weighted by atomic mass is 9.85. The van der Waals surface area contributed by atoms with Gasteiger partial charge < -0.3 is 0 Å². The van der Waals surface area contributed by atoms with Gasteiger partial charge in [-0.1, -0.05) is 97.1 Å². The van der Waals surface area contributed by atoms with Gasteiger partial charge in [-0.05, 0) is 106 Å². The molecule has 0 bridgehead atoms. The summed E-state index contributed by atoms with van der Waals surface area (Å²) in [7, 11) is 0. The third-order valence-corrected chi connectivity index (χ3v) is 9.18. The van der Waals surface area contributed by atoms with E-state index in [4.69, 9.17) is 9.97 Å². The summed E-state index contributed by atoms with van der Waals surface area (Å²) in [4.78, 5) is 9.77. The molecule has 2 heterocycles. The molecule has 218 valence electrons. The normalized spacial score (nSPS) is 11.7. The van der Waals surface area contributed by atoms with Crippen molar-refractivity contribution < 1.29 is 0 Å². The second-order valence-corrected chi connectivity index (χ2v) is 11.9. The second kappa shape index (κ2) is 10.3. The minimum absolute atomic E-state index is 0.971. The van der Waals surface area contributed by atoms with Gasteiger partial charge in [0.05, 0.1) is 22.1 Å². The van der Waals surface area contributed by atoms with Gasteiger partial charge in [-0.2, -0.15) is 0 Å². The molecule has 4 heteroatoms. The highest BCUT2D eigenvalue weighted by molar-refractivity contribution is 6.22. The molecule has 0 aliphatic carbocycles. The minimum Gasteiger partial charge on any atom is -0.297 e. The topological polar surface area (TPSA) is 35.6 Å². The van der Waals surface area contributed by atoms with Gasteiger partial charge in [0.15, 0.2) is 0 Å². The van der Waals surface area contributed by atoms with Gasteiger partial charge in [-0.3, -0.25) is 9.13 Å². The van der Waals surface area contributed by atoms with E-state index in [2.05, 4.69) is 156 Å². The van der Waals surface area contributed by atoms with Gasteiger partial charge in [0, 0.05) is 11.4 Å². The summed E-state index contributed by atoms with van der Waals surface area (Å²) in [6.07, 6.45) is 0. The maximum atomic E-state index is 4.88. The first-order valence-corrected chi connectivity index (χ1v) is 15.7. The Kier molecular flexibility index (Phi) is 5.90. The Labute approximate surface area is 266 Å². The van der Waals surface area contributed by atoms with E-state index in [1.807, 2.05) is 12.1 Å². The third kappa shape index (κ3) is 4.00. The molecule has 0 amide bonds. The quantitative estimate of drug-likeness (QED) is 0.191. The van der Waals surface area contributed by atoms with Gasteiger partial charge in [-0.25, -0.2) is 9.97 Å². The minimum atomic E-state index is 0.971. The first-order chi connectivity index (χ1) is 22.7. The molecule has 0 spiro atoms. The average Bonchev–Trinajstić information content (AvgIpc) is 3.62. The fourth-order valence-electron chi connectivity index (χ4n) is 7.26. The van der Waals surface area contributed by atoms with Crippen LogP contribution in [0.15, 0.2) is 146 Å². The summed E-state index contributed by atoms with van der Waals surface area (Å²) in [5, 5.41) is 4.86. The van der Waals surface area contributed by atoms with Gasteiger partial charge in [0.1, 0.15) is 11.6 Å². The summed E-state index contributed by atoms with van der Waals surface area (Å²) in [5.74, 6) is 1.94. The molecule has 4 nitrogen and oxygen atoms in total. The first-order valence-electron chi connectivity index (χ1n) is 15.7. The average molecular weight is 591 g/mol. The number of aryl methyl sites for hydroxylation is 2. The fraction of sp³-hybridized carbons (Fsp3) is 0.0476. The van der Waals surface area contributed by atoms with E-state index in [9.17, 15) is 0 Å². The number of hydrogen-bond acceptors (Lipinski definition) is 2. The van der Waals surface area contributed by atoms with Crippen LogP contribution in [0.1, 0.15) is 11.6 Å². The fourth-order valence-corrected chi connectivity index (χ4v) is 7.26. The van der Waals surface area contributed by atoms with E-state index in [0.29, 0.717) is 0 Å². The van der Waals surface area contributed by atoms with Crippen LogP contribution in [0.25, 0.3) is 77.2 Å². The molecule has 0 N–H and O–H groups in total. The summed E-state index contributed by atoms with van der Waals surface area (Å²) in [5.41, 5.74) is 11.3. The Morgan fingerprint density at radius 1 is 0.391 bits per heavy atom. The maximum absolute atomic E-state index is 4.88. The molecule has 0 atom stereocenters. The number of nitrogens with zero attached hydrogens (tertiary/aromatic N) is 4. The number of fused-ring (bicyclic) bond motifs is 4. The number of hydrogen-bond donors (Lipinski definition) is 0. The molecule has 0 aliphatic heterocycles. The van der Waals surface area contributed by atoms with Gasteiger partial charge in [0.25, 0.3) is 0 Å². The largest absolute Gasteiger partial charge is 0.297 e. The van der Waals surface area contributed by atoms with Crippen molar-refractivity contribution in [2.45, 2.75) is 13.8 Å². The highest BCUT2D eigenvalue weighted by atomic mass is 15.1. The predicted octanol–water partition coefficient (Wildman–Crippen LogP) is 10.6. The molecule has 0 saturated heterocycles. The highest BCUT2D eigenvalue weighted by Crippen LogP contribution is 2.45. The monoisotopic (exact) mass is 590 g/mol. The summed E-state index contributed by atoms with van der Waals surface area (Å²) in [6.45, 7) is 4.17. The van der Waals surface area contributed by atoms with Crippen molar-refractivity contribution in [3.63, 3.8) is 0 Å². The van der Waals surface area contributed by atoms with E-state index in [0.717, 1.165) is 45.1 Å². The Balaban J connectivity index is 1.42. The zero-order valence-corrected chi connectivity index (χ0v) is 25.6. The molecule has 2 aromatic heterocycles. The SMILES string of the molecule is Cc1nc2ccccc2n1-c1ccc2c(-c3ccccc3)c3cc(-n4c(C)nc5ccccc54)ccc3c(-c3ccccc3)c2c1. The summed E-state index contributed by atoms with van der Waals surface area (Å²) < 4.78 is 4.54. The van der Waals surface area contributed by atoms with Gasteiger partial charge >= 0.3 is 0 Å². The lowest BCUT2D eigenvalue weighted by Crippen LogP contribution is -2.00. The summed E-state index contributed by atoms with van der Waals surface area (Å²) >= 11 is 0. The molecule has 0 saturated carbocycles. The molecular formula is C42H30N4. The number of para-hydroxylation sites is 4. The molecule has 46 heavy (non-hydrogen) atoms. The van der Waals surface area contributed by atoms with Gasteiger partial charge in [0.2, 0.25) is 0 Å². The van der Waals surface area contributed by atoms with E-state index < -0.39 is 0 Å². The van der Waals surface area contributed by atoms with Gasteiger partial charge in [-0.15, -0.1) is 0 Å². The molecule has 0 radical (unpaired) electrons. The predicted molar refractivity (Wildman–Crippen MR) is 191 cm³/mol. The van der Waals surface area contributed by atoms with Crippen molar-refractivity contribution in [2.75, 3.05) is 0 Å². The number of benzene rings is 7. The molecule has 7 aromatic carbocycles. The van der Waals surface area contributed by atoms with Crippen LogP contribution in [0.5, 0.6) is 0 Å². The van der Waals surface area contributed by atoms with Crippen LogP contribution >= 0.6 is 0 Å². The lowest BCUT2D eigenvalue weighted by Gasteiger charge is -2.20. The van der Waals surface area contributed by atoms with Crippen LogP contribution < -0.4 is 0 Å². The van der Waals surface area contributed by atoms with Crippen LogP contribution in [0.3, 0.4) is 0 Å². The summed E-state index contributed by atoms with van der Waals surface area (Å²) in [6, 6.07) is 52.1. The second-order valence-electron chi connectivity index (χ2n) is 11.9. The molecule has 9 rings (SSSR count). The van der Waals surface area contributed by atoms with E-state index in [1.54, 1.807) is 0 Å². The van der Waals surface area contributed by atoms with Crippen molar-refractivity contribution in [1.82, 2.24) is 19.1 Å². The van der Waals surface area contributed by atoms with Crippen LogP contribution in [-0.4, -0.2) is 19.1 Å². The Morgan fingerprint density at radius 2 is 0.783 bits per heavy atom. The number of aromatic nitrogens is 4. The van der Waals surface area contributed by atoms with Crippen LogP contribution in [-0.2, 0) is 0 Å². The first kappa shape index (κ1) is 26.4. The zero-order valence-electron chi connectivity index (χ0n) is 25.6. The zero-order chi connectivity index (χ0) is 30.8. The molecule has 0 unspecified atom stereocenters. The van der Waals surface area contributed by atoms with E-state index >= 15 is 0 Å². The smallest absolute Gasteiger partial charge is 0.111 e. The Morgan fingerprint density at radius 3 is 1.22 bits per heavy atom. The Hall–Kier alpha value is -6.00.